The molecule has 7 nitrogen and oxygen atoms in total. The number of likely N-dealkylation sites (N-methyl/N-ethyl adjacent to an activating group) is 1. The first-order valence-electron chi connectivity index (χ1n) is 16.1. The van der Waals surface area contributed by atoms with Gasteiger partial charge in [0.2, 0.25) is 17.7 Å². The number of rotatable bonds is 5. The zero-order chi connectivity index (χ0) is 32.1. The van der Waals surface area contributed by atoms with E-state index < -0.39 is 11.5 Å². The van der Waals surface area contributed by atoms with Crippen molar-refractivity contribution in [3.8, 4) is 0 Å². The number of hydrogen-bond donors (Lipinski definition) is 0. The second-order valence-electron chi connectivity index (χ2n) is 16.3. The van der Waals surface area contributed by atoms with Gasteiger partial charge in [-0.1, -0.05) is 58.4 Å². The largest absolute Gasteiger partial charge is 0.347 e. The highest BCUT2D eigenvalue weighted by Crippen LogP contribution is 2.42. The molecule has 1 aliphatic carbocycles. The Hall–Kier alpha value is -2.12. The number of carbonyl (C=O) groups is 3. The molecule has 8 heteroatoms. The van der Waals surface area contributed by atoms with Crippen LogP contribution in [0.2, 0.25) is 5.02 Å². The van der Waals surface area contributed by atoms with Crippen LogP contribution in [0.25, 0.3) is 0 Å². The van der Waals surface area contributed by atoms with Gasteiger partial charge in [0.15, 0.2) is 0 Å². The fourth-order valence-electron chi connectivity index (χ4n) is 7.33. The van der Waals surface area contributed by atoms with Crippen molar-refractivity contribution in [2.24, 2.45) is 16.7 Å². The van der Waals surface area contributed by atoms with Crippen LogP contribution in [0.1, 0.15) is 99.0 Å². The summed E-state index contributed by atoms with van der Waals surface area (Å²) in [5.74, 6) is -0.240. The topological polar surface area (TPSA) is 64.2 Å². The minimum absolute atomic E-state index is 0.00830. The highest BCUT2D eigenvalue weighted by Gasteiger charge is 2.51. The van der Waals surface area contributed by atoms with Crippen LogP contribution in [0.3, 0.4) is 0 Å². The molecule has 1 saturated carbocycles. The molecule has 3 fully saturated rings. The number of nitrogens with zero attached hydrogens (tertiary/aromatic N) is 4. The summed E-state index contributed by atoms with van der Waals surface area (Å²) in [6.45, 7) is 18.9. The second kappa shape index (κ2) is 12.3. The second-order valence-corrected chi connectivity index (χ2v) is 16.8. The van der Waals surface area contributed by atoms with E-state index in [0.717, 1.165) is 37.8 Å². The van der Waals surface area contributed by atoms with Crippen LogP contribution >= 0.6 is 11.6 Å². The molecule has 0 N–H and O–H groups in total. The fraction of sp³-hybridized carbons (Fsp3) is 0.743. The summed E-state index contributed by atoms with van der Waals surface area (Å²) in [5, 5.41) is 0.672. The van der Waals surface area contributed by atoms with Gasteiger partial charge in [-0.25, -0.2) is 0 Å². The normalized spacial score (nSPS) is 26.9. The highest BCUT2D eigenvalue weighted by molar-refractivity contribution is 6.30. The van der Waals surface area contributed by atoms with Crippen LogP contribution in [0.5, 0.6) is 0 Å². The molecule has 0 spiro atoms. The van der Waals surface area contributed by atoms with Gasteiger partial charge in [0.25, 0.3) is 0 Å². The fourth-order valence-corrected chi connectivity index (χ4v) is 7.46. The standard InChI is InChI=1S/C35H55ClN4O3/c1-33(2,3)32(43)40(25-15-17-35(7,8)18-16-25)26-19-29(31(42)37(9)10)39(20-26)30(41)28-22-38(34(4,5)6)21-27(28)23-11-13-24(36)14-12-23/h11-14,25-29H,15-22H2,1-10H3/t26-,27-,28+,29-/m0/s1. The van der Waals surface area contributed by atoms with Gasteiger partial charge in [-0.05, 0) is 76.0 Å². The van der Waals surface area contributed by atoms with E-state index >= 15 is 0 Å². The quantitative estimate of drug-likeness (QED) is 0.405. The maximum Gasteiger partial charge on any atom is 0.244 e. The number of amides is 3. The molecule has 1 aromatic rings. The molecule has 4 rings (SSSR count). The lowest BCUT2D eigenvalue weighted by molar-refractivity contribution is -0.147. The SMILES string of the molecule is CN(C)C(=O)[C@@H]1C[C@H](N(C(=O)C(C)(C)C)C2CCC(C)(C)CC2)CN1C(=O)[C@@H]1CN(C(C)(C)C)C[C@H]1c1ccc(Cl)cc1. The Morgan fingerprint density at radius 1 is 0.884 bits per heavy atom. The van der Waals surface area contributed by atoms with E-state index in [1.54, 1.807) is 19.0 Å². The molecule has 1 aromatic carbocycles. The molecular formula is C35H55ClN4O3. The van der Waals surface area contributed by atoms with Crippen LogP contribution in [0.15, 0.2) is 24.3 Å². The van der Waals surface area contributed by atoms with E-state index in [2.05, 4.69) is 44.4 Å². The van der Waals surface area contributed by atoms with Gasteiger partial charge >= 0.3 is 0 Å². The molecule has 2 saturated heterocycles. The van der Waals surface area contributed by atoms with Crippen molar-refractivity contribution in [2.75, 3.05) is 33.7 Å². The van der Waals surface area contributed by atoms with Crippen molar-refractivity contribution < 1.29 is 14.4 Å². The minimum Gasteiger partial charge on any atom is -0.347 e. The Balaban J connectivity index is 1.69. The lowest BCUT2D eigenvalue weighted by Crippen LogP contribution is -2.54. The average Bonchev–Trinajstić information content (AvgIpc) is 3.54. The van der Waals surface area contributed by atoms with Crippen molar-refractivity contribution in [1.82, 2.24) is 19.6 Å². The van der Waals surface area contributed by atoms with E-state index in [9.17, 15) is 14.4 Å². The summed E-state index contributed by atoms with van der Waals surface area (Å²) in [6, 6.07) is 7.20. The van der Waals surface area contributed by atoms with Crippen molar-refractivity contribution in [1.29, 1.82) is 0 Å². The maximum atomic E-state index is 14.7. The number of hydrogen-bond acceptors (Lipinski definition) is 4. The van der Waals surface area contributed by atoms with Crippen molar-refractivity contribution >= 4 is 29.3 Å². The van der Waals surface area contributed by atoms with E-state index in [-0.39, 0.29) is 52.6 Å². The van der Waals surface area contributed by atoms with Crippen LogP contribution in [-0.4, -0.2) is 94.7 Å². The van der Waals surface area contributed by atoms with Gasteiger partial charge < -0.3 is 14.7 Å². The minimum atomic E-state index is -0.586. The van der Waals surface area contributed by atoms with E-state index in [1.165, 1.54) is 0 Å². The monoisotopic (exact) mass is 614 g/mol. The van der Waals surface area contributed by atoms with E-state index in [4.69, 9.17) is 11.6 Å². The Bertz CT molecular complexity index is 1170. The zero-order valence-corrected chi connectivity index (χ0v) is 29.0. The van der Waals surface area contributed by atoms with Crippen molar-refractivity contribution in [3.05, 3.63) is 34.9 Å². The molecule has 240 valence electrons. The zero-order valence-electron chi connectivity index (χ0n) is 28.2. The van der Waals surface area contributed by atoms with Crippen LogP contribution in [0, 0.1) is 16.7 Å². The smallest absolute Gasteiger partial charge is 0.244 e. The first-order valence-corrected chi connectivity index (χ1v) is 16.5. The van der Waals surface area contributed by atoms with Gasteiger partial charge in [-0.2, -0.15) is 0 Å². The molecule has 3 amide bonds. The molecule has 2 heterocycles. The first-order chi connectivity index (χ1) is 19.8. The van der Waals surface area contributed by atoms with E-state index in [0.29, 0.717) is 24.5 Å². The van der Waals surface area contributed by atoms with Crippen LogP contribution < -0.4 is 0 Å². The summed E-state index contributed by atoms with van der Waals surface area (Å²) < 4.78 is 0. The predicted octanol–water partition coefficient (Wildman–Crippen LogP) is 6.06. The third-order valence-electron chi connectivity index (χ3n) is 10.1. The summed E-state index contributed by atoms with van der Waals surface area (Å²) in [5.41, 5.74) is 0.710. The van der Waals surface area contributed by atoms with Gasteiger partial charge in [-0.15, -0.1) is 0 Å². The molecule has 0 radical (unpaired) electrons. The maximum absolute atomic E-state index is 14.7. The molecule has 43 heavy (non-hydrogen) atoms. The third-order valence-corrected chi connectivity index (χ3v) is 10.4. The summed E-state index contributed by atoms with van der Waals surface area (Å²) in [7, 11) is 3.51. The average molecular weight is 615 g/mol. The summed E-state index contributed by atoms with van der Waals surface area (Å²) in [4.78, 5) is 50.4. The van der Waals surface area contributed by atoms with Gasteiger partial charge in [0.05, 0.1) is 12.0 Å². The number of carbonyl (C=O) groups excluding carboxylic acids is 3. The summed E-state index contributed by atoms with van der Waals surface area (Å²) >= 11 is 6.23. The Morgan fingerprint density at radius 2 is 1.47 bits per heavy atom. The molecule has 0 aromatic heterocycles. The number of halogens is 1. The third kappa shape index (κ3) is 7.41. The summed E-state index contributed by atoms with van der Waals surface area (Å²) in [6.07, 6.45) is 4.51. The molecule has 3 aliphatic rings. The lowest BCUT2D eigenvalue weighted by Gasteiger charge is -2.45. The van der Waals surface area contributed by atoms with Gasteiger partial charge in [0, 0.05) is 61.7 Å². The molecule has 2 aliphatic heterocycles. The van der Waals surface area contributed by atoms with Crippen molar-refractivity contribution in [2.45, 2.75) is 117 Å². The Labute approximate surface area is 265 Å². The Morgan fingerprint density at radius 3 is 1.98 bits per heavy atom. The van der Waals surface area contributed by atoms with Gasteiger partial charge in [-0.3, -0.25) is 19.3 Å². The first kappa shape index (κ1) is 33.8. The van der Waals surface area contributed by atoms with Crippen molar-refractivity contribution in [3.63, 3.8) is 0 Å². The number of likely N-dealkylation sites (tertiary alicyclic amines) is 2. The molecular weight excluding hydrogens is 560 g/mol. The Kier molecular flexibility index (Phi) is 9.69. The molecule has 0 unspecified atom stereocenters. The molecule has 0 bridgehead atoms. The number of benzene rings is 1. The van der Waals surface area contributed by atoms with E-state index in [1.807, 2.05) is 49.9 Å². The highest BCUT2D eigenvalue weighted by atomic mass is 35.5. The molecule has 4 atom stereocenters. The van der Waals surface area contributed by atoms with Crippen LogP contribution in [-0.2, 0) is 14.4 Å². The van der Waals surface area contributed by atoms with Gasteiger partial charge in [0.1, 0.15) is 6.04 Å². The predicted molar refractivity (Wildman–Crippen MR) is 174 cm³/mol. The van der Waals surface area contributed by atoms with Crippen LogP contribution in [0.4, 0.5) is 0 Å². The lowest BCUT2D eigenvalue weighted by atomic mass is 9.74.